The summed E-state index contributed by atoms with van der Waals surface area (Å²) >= 11 is 0. The second kappa shape index (κ2) is 8.64. The highest BCUT2D eigenvalue weighted by molar-refractivity contribution is 5.76. The van der Waals surface area contributed by atoms with Crippen molar-refractivity contribution in [3.63, 3.8) is 0 Å². The Morgan fingerprint density at radius 1 is 0.920 bits per heavy atom. The Morgan fingerprint density at radius 3 is 2.40 bits per heavy atom. The Morgan fingerprint density at radius 2 is 1.64 bits per heavy atom. The number of aromatic nitrogens is 1. The molecule has 1 heterocycles. The van der Waals surface area contributed by atoms with E-state index < -0.39 is 0 Å². The van der Waals surface area contributed by atoms with Crippen LogP contribution in [0.4, 0.5) is 0 Å². The highest BCUT2D eigenvalue weighted by Crippen LogP contribution is 2.19. The number of aryl methyl sites for hydroxylation is 1. The summed E-state index contributed by atoms with van der Waals surface area (Å²) in [5.74, 6) is 1.28. The molecule has 4 nitrogen and oxygen atoms in total. The molecule has 2 aromatic carbocycles. The second-order valence-electron chi connectivity index (χ2n) is 5.68. The zero-order valence-corrected chi connectivity index (χ0v) is 13.9. The average molecular weight is 332 g/mol. The minimum absolute atomic E-state index is 0.0335. The topological polar surface area (TPSA) is 51.2 Å². The monoisotopic (exact) mass is 332 g/mol. The van der Waals surface area contributed by atoms with Crippen molar-refractivity contribution in [3.05, 3.63) is 90.1 Å². The van der Waals surface area contributed by atoms with Crippen molar-refractivity contribution in [2.75, 3.05) is 0 Å². The Hall–Kier alpha value is -3.14. The van der Waals surface area contributed by atoms with Gasteiger partial charge in [0, 0.05) is 25.2 Å². The van der Waals surface area contributed by atoms with Gasteiger partial charge in [0.25, 0.3) is 0 Å². The van der Waals surface area contributed by atoms with Crippen LogP contribution in [0.3, 0.4) is 0 Å². The minimum Gasteiger partial charge on any atom is -0.439 e. The third-order valence-electron chi connectivity index (χ3n) is 3.74. The van der Waals surface area contributed by atoms with Crippen LogP contribution in [0.5, 0.6) is 11.6 Å². The number of para-hydroxylation sites is 1. The lowest BCUT2D eigenvalue weighted by Gasteiger charge is -2.08. The summed E-state index contributed by atoms with van der Waals surface area (Å²) in [6, 6.07) is 23.2. The number of pyridine rings is 1. The van der Waals surface area contributed by atoms with Crippen LogP contribution in [0.2, 0.25) is 0 Å². The maximum Gasteiger partial charge on any atom is 0.220 e. The lowest BCUT2D eigenvalue weighted by Crippen LogP contribution is -2.23. The molecule has 0 saturated heterocycles. The van der Waals surface area contributed by atoms with Gasteiger partial charge in [-0.05, 0) is 35.7 Å². The quantitative estimate of drug-likeness (QED) is 0.708. The Balaban J connectivity index is 1.49. The molecule has 0 aliphatic heterocycles. The van der Waals surface area contributed by atoms with Gasteiger partial charge in [-0.1, -0.05) is 48.5 Å². The summed E-state index contributed by atoms with van der Waals surface area (Å²) in [5, 5.41) is 2.94. The summed E-state index contributed by atoms with van der Waals surface area (Å²) in [4.78, 5) is 16.2. The third kappa shape index (κ3) is 5.46. The molecule has 126 valence electrons. The van der Waals surface area contributed by atoms with Crippen LogP contribution in [0, 0.1) is 0 Å². The maximum absolute atomic E-state index is 12.0. The van der Waals surface area contributed by atoms with Crippen molar-refractivity contribution in [2.24, 2.45) is 0 Å². The fourth-order valence-electron chi connectivity index (χ4n) is 2.42. The predicted octanol–water partition coefficient (Wildman–Crippen LogP) is 4.12. The van der Waals surface area contributed by atoms with Gasteiger partial charge in [0.2, 0.25) is 11.8 Å². The van der Waals surface area contributed by atoms with E-state index in [1.807, 2.05) is 72.8 Å². The number of carbonyl (C=O) groups excluding carboxylic acids is 1. The molecule has 0 fully saturated rings. The van der Waals surface area contributed by atoms with Crippen LogP contribution < -0.4 is 10.1 Å². The molecule has 0 aliphatic carbocycles. The van der Waals surface area contributed by atoms with Gasteiger partial charge in [-0.2, -0.15) is 0 Å². The van der Waals surface area contributed by atoms with Gasteiger partial charge >= 0.3 is 0 Å². The number of carbonyl (C=O) groups is 1. The summed E-state index contributed by atoms with van der Waals surface area (Å²) in [5.41, 5.74) is 2.12. The van der Waals surface area contributed by atoms with Gasteiger partial charge in [0.1, 0.15) is 5.75 Å². The number of rotatable bonds is 7. The molecule has 3 aromatic rings. The fraction of sp³-hybridized carbons (Fsp3) is 0.143. The zero-order valence-electron chi connectivity index (χ0n) is 13.9. The molecular weight excluding hydrogens is 312 g/mol. The predicted molar refractivity (Wildman–Crippen MR) is 97.4 cm³/mol. The van der Waals surface area contributed by atoms with Gasteiger partial charge < -0.3 is 10.1 Å². The first kappa shape index (κ1) is 16.7. The number of hydrogen-bond donors (Lipinski definition) is 1. The molecule has 1 N–H and O–H groups in total. The lowest BCUT2D eigenvalue weighted by atomic mass is 10.1. The summed E-state index contributed by atoms with van der Waals surface area (Å²) in [6.07, 6.45) is 2.90. The number of nitrogens with zero attached hydrogens (tertiary/aromatic N) is 1. The molecule has 1 aromatic heterocycles. The molecule has 0 aliphatic rings. The molecule has 3 rings (SSSR count). The van der Waals surface area contributed by atoms with E-state index in [1.54, 1.807) is 6.20 Å². The van der Waals surface area contributed by atoms with Gasteiger partial charge in [-0.3, -0.25) is 4.79 Å². The standard InChI is InChI=1S/C21H20N2O2/c24-20(12-11-17-7-3-1-4-8-17)23-16-18-13-14-22-21(15-18)25-19-9-5-2-6-10-19/h1-10,13-15H,11-12,16H2,(H,23,24). The van der Waals surface area contributed by atoms with E-state index in [0.717, 1.165) is 17.7 Å². The normalized spacial score (nSPS) is 10.2. The SMILES string of the molecule is O=C(CCc1ccccc1)NCc1ccnc(Oc2ccccc2)c1. The second-order valence-corrected chi connectivity index (χ2v) is 5.68. The zero-order chi connectivity index (χ0) is 17.3. The fourth-order valence-corrected chi connectivity index (χ4v) is 2.42. The number of benzene rings is 2. The minimum atomic E-state index is 0.0335. The summed E-state index contributed by atoms with van der Waals surface area (Å²) in [7, 11) is 0. The summed E-state index contributed by atoms with van der Waals surface area (Å²) in [6.45, 7) is 0.460. The number of hydrogen-bond acceptors (Lipinski definition) is 3. The van der Waals surface area contributed by atoms with Crippen LogP contribution >= 0.6 is 0 Å². The molecule has 4 heteroatoms. The smallest absolute Gasteiger partial charge is 0.220 e. The Kier molecular flexibility index (Phi) is 5.77. The number of amides is 1. The van der Waals surface area contributed by atoms with Crippen molar-refractivity contribution in [2.45, 2.75) is 19.4 Å². The van der Waals surface area contributed by atoms with E-state index >= 15 is 0 Å². The van der Waals surface area contributed by atoms with Crippen molar-refractivity contribution < 1.29 is 9.53 Å². The molecule has 0 atom stereocenters. The largest absolute Gasteiger partial charge is 0.439 e. The van der Waals surface area contributed by atoms with Crippen molar-refractivity contribution in [3.8, 4) is 11.6 Å². The molecule has 25 heavy (non-hydrogen) atoms. The van der Waals surface area contributed by atoms with Gasteiger partial charge in [0.05, 0.1) is 0 Å². The highest BCUT2D eigenvalue weighted by atomic mass is 16.5. The van der Waals surface area contributed by atoms with Crippen molar-refractivity contribution in [1.82, 2.24) is 10.3 Å². The van der Waals surface area contributed by atoms with Crippen molar-refractivity contribution in [1.29, 1.82) is 0 Å². The first-order valence-corrected chi connectivity index (χ1v) is 8.28. The lowest BCUT2D eigenvalue weighted by molar-refractivity contribution is -0.121. The van der Waals surface area contributed by atoms with Gasteiger partial charge in [-0.25, -0.2) is 4.98 Å². The van der Waals surface area contributed by atoms with Crippen LogP contribution in [0.1, 0.15) is 17.5 Å². The maximum atomic E-state index is 12.0. The van der Waals surface area contributed by atoms with E-state index in [9.17, 15) is 4.79 Å². The number of ether oxygens (including phenoxy) is 1. The number of nitrogens with one attached hydrogen (secondary N) is 1. The van der Waals surface area contributed by atoms with Crippen LogP contribution in [0.15, 0.2) is 79.0 Å². The highest BCUT2D eigenvalue weighted by Gasteiger charge is 2.04. The van der Waals surface area contributed by atoms with Crippen LogP contribution in [0.25, 0.3) is 0 Å². The molecular formula is C21H20N2O2. The van der Waals surface area contributed by atoms with Gasteiger partial charge in [-0.15, -0.1) is 0 Å². The van der Waals surface area contributed by atoms with E-state index in [1.165, 1.54) is 5.56 Å². The average Bonchev–Trinajstić information content (AvgIpc) is 2.67. The van der Waals surface area contributed by atoms with E-state index in [0.29, 0.717) is 18.8 Å². The van der Waals surface area contributed by atoms with E-state index in [-0.39, 0.29) is 5.91 Å². The van der Waals surface area contributed by atoms with E-state index in [4.69, 9.17) is 4.74 Å². The first-order chi connectivity index (χ1) is 12.3. The Labute approximate surface area is 147 Å². The first-order valence-electron chi connectivity index (χ1n) is 8.28. The Bertz CT molecular complexity index is 804. The summed E-state index contributed by atoms with van der Waals surface area (Å²) < 4.78 is 5.71. The molecule has 0 radical (unpaired) electrons. The molecule has 0 saturated carbocycles. The molecule has 1 amide bonds. The van der Waals surface area contributed by atoms with Crippen LogP contribution in [-0.4, -0.2) is 10.9 Å². The van der Waals surface area contributed by atoms with Crippen molar-refractivity contribution >= 4 is 5.91 Å². The molecule has 0 unspecified atom stereocenters. The van der Waals surface area contributed by atoms with E-state index in [2.05, 4.69) is 10.3 Å². The van der Waals surface area contributed by atoms with Crippen LogP contribution in [-0.2, 0) is 17.8 Å². The molecule has 0 bridgehead atoms. The third-order valence-corrected chi connectivity index (χ3v) is 3.74. The van der Waals surface area contributed by atoms with Gasteiger partial charge in [0.15, 0.2) is 0 Å². The molecule has 0 spiro atoms.